The van der Waals surface area contributed by atoms with E-state index in [1.54, 1.807) is 12.1 Å². The van der Waals surface area contributed by atoms with Gasteiger partial charge in [0.2, 0.25) is 12.3 Å². The van der Waals surface area contributed by atoms with E-state index in [0.717, 1.165) is 35.1 Å². The van der Waals surface area contributed by atoms with Crippen molar-refractivity contribution < 1.29 is 14.4 Å². The third-order valence-corrected chi connectivity index (χ3v) is 5.60. The number of nitrogens with zero attached hydrogens (tertiary/aromatic N) is 2. The molecule has 0 fully saturated rings. The first kappa shape index (κ1) is 23.9. The second-order valence-corrected chi connectivity index (χ2v) is 8.15. The molecule has 2 aromatic rings. The molecular formula is C26H30N4O3. The molecule has 0 saturated heterocycles. The summed E-state index contributed by atoms with van der Waals surface area (Å²) in [6.07, 6.45) is 5.24. The van der Waals surface area contributed by atoms with Crippen LogP contribution in [0.25, 0.3) is 17.2 Å². The van der Waals surface area contributed by atoms with Gasteiger partial charge < -0.3 is 16.0 Å². The molecule has 1 aliphatic rings. The lowest BCUT2D eigenvalue weighted by atomic mass is 9.95. The molecule has 3 N–H and O–H groups in total. The van der Waals surface area contributed by atoms with Gasteiger partial charge in [-0.3, -0.25) is 14.4 Å². The summed E-state index contributed by atoms with van der Waals surface area (Å²) in [6.45, 7) is 7.51. The lowest BCUT2D eigenvalue weighted by Crippen LogP contribution is -2.34. The van der Waals surface area contributed by atoms with Crippen molar-refractivity contribution in [3.8, 4) is 11.1 Å². The number of rotatable bonds is 9. The lowest BCUT2D eigenvalue weighted by molar-refractivity contribution is -0.127. The van der Waals surface area contributed by atoms with E-state index in [-0.39, 0.29) is 5.91 Å². The summed E-state index contributed by atoms with van der Waals surface area (Å²) in [5.74, 6) is 0.389. The number of nitrogens with one attached hydrogen (secondary N) is 1. The number of anilines is 1. The Labute approximate surface area is 194 Å². The minimum atomic E-state index is 0.00204. The van der Waals surface area contributed by atoms with Crippen molar-refractivity contribution in [3.05, 3.63) is 52.6 Å². The zero-order valence-electron chi connectivity index (χ0n) is 19.4. The van der Waals surface area contributed by atoms with Crippen molar-refractivity contribution in [3.63, 3.8) is 0 Å². The Kier molecular flexibility index (Phi) is 7.77. The van der Waals surface area contributed by atoms with Gasteiger partial charge in [-0.25, -0.2) is 4.99 Å². The normalized spacial score (nSPS) is 12.7. The quantitative estimate of drug-likeness (QED) is 0.555. The minimum Gasteiger partial charge on any atom is -0.387 e. The van der Waals surface area contributed by atoms with E-state index in [9.17, 15) is 14.4 Å². The molecule has 2 amide bonds. The van der Waals surface area contributed by atoms with Crippen LogP contribution < -0.4 is 11.1 Å². The van der Waals surface area contributed by atoms with Gasteiger partial charge in [-0.15, -0.1) is 0 Å². The number of amides is 2. The fourth-order valence-electron chi connectivity index (χ4n) is 4.06. The number of benzene rings is 2. The molecule has 0 atom stereocenters. The molecule has 0 unspecified atom stereocenters. The minimum absolute atomic E-state index is 0.00204. The summed E-state index contributed by atoms with van der Waals surface area (Å²) in [5.41, 5.74) is 11.9. The Morgan fingerprint density at radius 1 is 1.12 bits per heavy atom. The summed E-state index contributed by atoms with van der Waals surface area (Å²) in [6, 6.07) is 9.16. The van der Waals surface area contributed by atoms with Crippen molar-refractivity contribution >= 4 is 41.9 Å². The van der Waals surface area contributed by atoms with Crippen LogP contribution in [0.4, 0.5) is 11.4 Å². The topological polar surface area (TPSA) is 105 Å². The van der Waals surface area contributed by atoms with Gasteiger partial charge in [0.1, 0.15) is 5.84 Å². The van der Waals surface area contributed by atoms with Crippen LogP contribution in [0, 0.1) is 6.92 Å². The second kappa shape index (κ2) is 10.7. The number of aliphatic imine (C=N–C) groups is 1. The maximum absolute atomic E-state index is 13.2. The number of aryl methyl sites for hydroxylation is 1. The molecule has 0 radical (unpaired) electrons. The Morgan fingerprint density at radius 2 is 1.85 bits per heavy atom. The molecule has 1 aliphatic heterocycles. The van der Waals surface area contributed by atoms with Gasteiger partial charge in [-0.1, -0.05) is 26.0 Å². The van der Waals surface area contributed by atoms with Gasteiger partial charge in [0.15, 0.2) is 6.29 Å². The summed E-state index contributed by atoms with van der Waals surface area (Å²) in [5, 5.41) is 2.57. The van der Waals surface area contributed by atoms with Crippen LogP contribution in [-0.4, -0.2) is 42.4 Å². The zero-order valence-corrected chi connectivity index (χ0v) is 19.4. The first-order valence-electron chi connectivity index (χ1n) is 11.2. The van der Waals surface area contributed by atoms with E-state index in [1.807, 2.05) is 36.1 Å². The largest absolute Gasteiger partial charge is 0.387 e. The van der Waals surface area contributed by atoms with E-state index in [4.69, 9.17) is 5.73 Å². The third kappa shape index (κ3) is 5.37. The molecule has 1 heterocycles. The molecule has 2 aromatic carbocycles. The molecule has 0 saturated carbocycles. The van der Waals surface area contributed by atoms with Crippen molar-refractivity contribution in [2.75, 3.05) is 18.4 Å². The highest BCUT2D eigenvalue weighted by atomic mass is 16.2. The lowest BCUT2D eigenvalue weighted by Gasteiger charge is -2.22. The van der Waals surface area contributed by atoms with Gasteiger partial charge in [0.05, 0.1) is 11.4 Å². The molecule has 0 aromatic heterocycles. The second-order valence-electron chi connectivity index (χ2n) is 8.15. The third-order valence-electron chi connectivity index (χ3n) is 5.60. The van der Waals surface area contributed by atoms with E-state index >= 15 is 0 Å². The molecule has 0 bridgehead atoms. The monoisotopic (exact) mass is 446 g/mol. The number of nitrogens with two attached hydrogens (primary N) is 1. The SMILES string of the molecule is CCCN(CCC)C(=O)C1=Cc2c(C)cc(-c3ccc(C=O)c(NC=O)c3)cc2N=C(N)C1. The first-order chi connectivity index (χ1) is 15.9. The van der Waals surface area contributed by atoms with Gasteiger partial charge in [-0.05, 0) is 60.7 Å². The number of carbonyl (C=O) groups excluding carboxylic acids is 3. The van der Waals surface area contributed by atoms with Crippen LogP contribution in [0.2, 0.25) is 0 Å². The van der Waals surface area contributed by atoms with E-state index in [2.05, 4.69) is 24.2 Å². The number of fused-ring (bicyclic) bond motifs is 1. The van der Waals surface area contributed by atoms with E-state index in [0.29, 0.717) is 60.6 Å². The number of hydrogen-bond donors (Lipinski definition) is 2. The van der Waals surface area contributed by atoms with Crippen LogP contribution >= 0.6 is 0 Å². The molecule has 7 heteroatoms. The van der Waals surface area contributed by atoms with Gasteiger partial charge in [-0.2, -0.15) is 0 Å². The Morgan fingerprint density at radius 3 is 2.48 bits per heavy atom. The Bertz CT molecular complexity index is 1130. The fourth-order valence-corrected chi connectivity index (χ4v) is 4.06. The van der Waals surface area contributed by atoms with Crippen LogP contribution in [0.5, 0.6) is 0 Å². The molecule has 0 aliphatic carbocycles. The summed E-state index contributed by atoms with van der Waals surface area (Å²) in [7, 11) is 0. The molecule has 7 nitrogen and oxygen atoms in total. The highest BCUT2D eigenvalue weighted by Gasteiger charge is 2.22. The van der Waals surface area contributed by atoms with Gasteiger partial charge >= 0.3 is 0 Å². The maximum Gasteiger partial charge on any atom is 0.250 e. The maximum atomic E-state index is 13.2. The average molecular weight is 447 g/mol. The number of amidine groups is 1. The van der Waals surface area contributed by atoms with E-state index < -0.39 is 0 Å². The number of aldehydes is 1. The fraction of sp³-hybridized carbons (Fsp3) is 0.308. The van der Waals surface area contributed by atoms with Crippen molar-refractivity contribution in [2.45, 2.75) is 40.0 Å². The van der Waals surface area contributed by atoms with Crippen LogP contribution in [-0.2, 0) is 9.59 Å². The first-order valence-corrected chi connectivity index (χ1v) is 11.2. The molecule has 0 spiro atoms. The van der Waals surface area contributed by atoms with E-state index in [1.165, 1.54) is 0 Å². The van der Waals surface area contributed by atoms with Gasteiger partial charge in [0, 0.05) is 36.2 Å². The highest BCUT2D eigenvalue weighted by molar-refractivity contribution is 6.06. The smallest absolute Gasteiger partial charge is 0.250 e. The standard InChI is InChI=1S/C26H30N4O3/c1-4-8-30(9-5-2)26(33)21-11-22-17(3)10-20(13-24(22)29-25(27)14-21)18-6-7-19(15-31)23(12-18)28-16-32/h6-7,10-13,15-16H,4-5,8-9,14H2,1-3H3,(H2,27,29)(H,28,32). The Hall–Kier alpha value is -3.74. The summed E-state index contributed by atoms with van der Waals surface area (Å²) >= 11 is 0. The predicted octanol–water partition coefficient (Wildman–Crippen LogP) is 4.47. The van der Waals surface area contributed by atoms with Crippen LogP contribution in [0.3, 0.4) is 0 Å². The predicted molar refractivity (Wildman–Crippen MR) is 133 cm³/mol. The van der Waals surface area contributed by atoms with Crippen LogP contribution in [0.1, 0.15) is 54.6 Å². The summed E-state index contributed by atoms with van der Waals surface area (Å²) in [4.78, 5) is 41.9. The molecule has 172 valence electrons. The summed E-state index contributed by atoms with van der Waals surface area (Å²) < 4.78 is 0. The van der Waals surface area contributed by atoms with Gasteiger partial charge in [0.25, 0.3) is 0 Å². The molecule has 3 rings (SSSR count). The van der Waals surface area contributed by atoms with Crippen molar-refractivity contribution in [2.24, 2.45) is 10.7 Å². The van der Waals surface area contributed by atoms with Crippen LogP contribution in [0.15, 0.2) is 40.9 Å². The number of carbonyl (C=O) groups is 3. The number of hydrogen-bond acceptors (Lipinski definition) is 5. The average Bonchev–Trinajstić information content (AvgIpc) is 2.97. The highest BCUT2D eigenvalue weighted by Crippen LogP contribution is 2.35. The molecule has 33 heavy (non-hydrogen) atoms. The Balaban J connectivity index is 2.06. The van der Waals surface area contributed by atoms with Crippen molar-refractivity contribution in [1.29, 1.82) is 0 Å². The zero-order chi connectivity index (χ0) is 24.0. The molecular weight excluding hydrogens is 416 g/mol. The van der Waals surface area contributed by atoms with Crippen molar-refractivity contribution in [1.82, 2.24) is 4.90 Å².